The molecule has 0 atom stereocenters. The first-order valence-electron chi connectivity index (χ1n) is 2.86. The average molecular weight is 181 g/mol. The fraction of sp³-hybridized carbons (Fsp3) is 0.333. The van der Waals surface area contributed by atoms with Crippen molar-refractivity contribution in [2.45, 2.75) is 0 Å². The molecule has 0 aromatic rings. The van der Waals surface area contributed by atoms with Crippen LogP contribution in [0.3, 0.4) is 0 Å². The molecule has 6 heteroatoms. The molecule has 0 aliphatic heterocycles. The molecule has 0 aliphatic carbocycles. The van der Waals surface area contributed by atoms with Crippen molar-refractivity contribution in [3.8, 4) is 0 Å². The number of carbonyl (C=O) groups excluding carboxylic acids is 1. The summed E-state index contributed by atoms with van der Waals surface area (Å²) in [5.74, 6) is -1.21. The van der Waals surface area contributed by atoms with E-state index < -0.39 is 18.6 Å². The summed E-state index contributed by atoms with van der Waals surface area (Å²) in [5, 5.41) is 18.3. The second-order valence-corrected chi connectivity index (χ2v) is 1.83. The third-order valence-electron chi connectivity index (χ3n) is 0.934. The number of carboxylic acids is 1. The Morgan fingerprint density at radius 2 is 2.08 bits per heavy atom. The molecule has 62 valence electrons. The Morgan fingerprint density at radius 1 is 1.58 bits per heavy atom. The second-order valence-electron chi connectivity index (χ2n) is 1.83. The van der Waals surface area contributed by atoms with Gasteiger partial charge in [-0.1, -0.05) is 6.08 Å². The van der Waals surface area contributed by atoms with E-state index in [4.69, 9.17) is 5.11 Å². The van der Waals surface area contributed by atoms with Crippen LogP contribution in [0.1, 0.15) is 0 Å². The van der Waals surface area contributed by atoms with E-state index in [0.29, 0.717) is 4.90 Å². The summed E-state index contributed by atoms with van der Waals surface area (Å²) in [4.78, 5) is 20.8. The van der Waals surface area contributed by atoms with Crippen molar-refractivity contribution in [2.24, 2.45) is 0 Å². The molecule has 0 radical (unpaired) electrons. The molecule has 0 saturated heterocycles. The number of rotatable bonds is 4. The van der Waals surface area contributed by atoms with Gasteiger partial charge in [-0.05, 0) is 0 Å². The molecule has 0 fully saturated rings. The van der Waals surface area contributed by atoms with Crippen molar-refractivity contribution in [3.05, 3.63) is 12.7 Å². The van der Waals surface area contributed by atoms with Crippen molar-refractivity contribution in [1.82, 2.24) is 4.90 Å². The van der Waals surface area contributed by atoms with Crippen LogP contribution in [0.15, 0.2) is 12.7 Å². The van der Waals surface area contributed by atoms with Crippen LogP contribution in [0.2, 0.25) is 0 Å². The predicted molar refractivity (Wildman–Crippen MR) is 34.8 cm³/mol. The zero-order valence-corrected chi connectivity index (χ0v) is 8.82. The SMILES string of the molecule is C=CCN(CC(=O)O)C(=O)[O-].[Na+]. The maximum absolute atomic E-state index is 10.1. The van der Waals surface area contributed by atoms with Crippen LogP contribution in [0.25, 0.3) is 0 Å². The fourth-order valence-electron chi connectivity index (χ4n) is 0.523. The summed E-state index contributed by atoms with van der Waals surface area (Å²) in [6, 6.07) is 0. The first kappa shape index (κ1) is 14.0. The van der Waals surface area contributed by atoms with E-state index in [2.05, 4.69) is 6.58 Å². The molecule has 0 saturated carbocycles. The summed E-state index contributed by atoms with van der Waals surface area (Å²) in [6.45, 7) is 2.66. The molecular formula is C6H8NNaO4. The third kappa shape index (κ3) is 6.21. The van der Waals surface area contributed by atoms with Gasteiger partial charge in [-0.25, -0.2) is 0 Å². The molecule has 1 amide bonds. The minimum absolute atomic E-state index is 0. The van der Waals surface area contributed by atoms with Crippen LogP contribution in [0.5, 0.6) is 0 Å². The Bertz CT molecular complexity index is 182. The first-order chi connectivity index (χ1) is 5.07. The molecule has 5 nitrogen and oxygen atoms in total. The zero-order chi connectivity index (χ0) is 8.85. The van der Waals surface area contributed by atoms with Crippen LogP contribution in [0, 0.1) is 0 Å². The van der Waals surface area contributed by atoms with Gasteiger partial charge in [-0.3, -0.25) is 4.79 Å². The minimum Gasteiger partial charge on any atom is -0.530 e. The van der Waals surface area contributed by atoms with Crippen LogP contribution in [-0.4, -0.2) is 35.2 Å². The number of hydrogen-bond donors (Lipinski definition) is 1. The van der Waals surface area contributed by atoms with Gasteiger partial charge in [0.25, 0.3) is 0 Å². The van der Waals surface area contributed by atoms with Crippen molar-refractivity contribution in [1.29, 1.82) is 0 Å². The smallest absolute Gasteiger partial charge is 0.530 e. The molecule has 0 aromatic heterocycles. The number of nitrogens with zero attached hydrogens (tertiary/aromatic N) is 1. The molecule has 12 heavy (non-hydrogen) atoms. The standard InChI is InChI=1S/C6H9NO4.Na/c1-2-3-7(6(10)11)4-5(8)9;/h2H,1,3-4H2,(H,8,9)(H,10,11);/q;+1/p-1. The zero-order valence-electron chi connectivity index (χ0n) is 6.82. The van der Waals surface area contributed by atoms with E-state index in [1.54, 1.807) is 0 Å². The number of hydrogen-bond acceptors (Lipinski definition) is 3. The normalized spacial score (nSPS) is 8.00. The Labute approximate surface area is 92.0 Å². The van der Waals surface area contributed by atoms with E-state index in [-0.39, 0.29) is 36.1 Å². The van der Waals surface area contributed by atoms with Gasteiger partial charge in [-0.2, -0.15) is 0 Å². The number of carbonyl (C=O) groups is 2. The van der Waals surface area contributed by atoms with Gasteiger partial charge in [0.15, 0.2) is 0 Å². The summed E-state index contributed by atoms with van der Waals surface area (Å²) >= 11 is 0. The van der Waals surface area contributed by atoms with Crippen LogP contribution in [0.4, 0.5) is 4.79 Å². The van der Waals surface area contributed by atoms with Gasteiger partial charge < -0.3 is 19.9 Å². The Balaban J connectivity index is 0. The van der Waals surface area contributed by atoms with Crippen LogP contribution < -0.4 is 34.7 Å². The molecule has 1 N–H and O–H groups in total. The molecule has 0 bridgehead atoms. The maximum atomic E-state index is 10.1. The molecule has 0 heterocycles. The van der Waals surface area contributed by atoms with Crippen LogP contribution in [-0.2, 0) is 4.79 Å². The van der Waals surface area contributed by atoms with Gasteiger partial charge in [-0.15, -0.1) is 6.58 Å². The van der Waals surface area contributed by atoms with Crippen molar-refractivity contribution >= 4 is 12.1 Å². The largest absolute Gasteiger partial charge is 1.00 e. The van der Waals surface area contributed by atoms with Crippen molar-refractivity contribution in [3.63, 3.8) is 0 Å². The molecule has 0 aliphatic rings. The van der Waals surface area contributed by atoms with Gasteiger partial charge in [0, 0.05) is 6.54 Å². The summed E-state index contributed by atoms with van der Waals surface area (Å²) in [5.41, 5.74) is 0. The molecular weight excluding hydrogens is 173 g/mol. The number of aliphatic carboxylic acids is 1. The summed E-state index contributed by atoms with van der Waals surface area (Å²) in [7, 11) is 0. The molecule has 0 unspecified atom stereocenters. The van der Waals surface area contributed by atoms with Crippen molar-refractivity contribution in [2.75, 3.05) is 13.1 Å². The van der Waals surface area contributed by atoms with Gasteiger partial charge >= 0.3 is 35.5 Å². The van der Waals surface area contributed by atoms with E-state index in [1.165, 1.54) is 6.08 Å². The quantitative estimate of drug-likeness (QED) is 0.353. The van der Waals surface area contributed by atoms with Gasteiger partial charge in [0.1, 0.15) is 12.6 Å². The summed E-state index contributed by atoms with van der Waals surface area (Å²) < 4.78 is 0. The van der Waals surface area contributed by atoms with E-state index in [9.17, 15) is 14.7 Å². The predicted octanol–water partition coefficient (Wildman–Crippen LogP) is -4.09. The average Bonchev–Trinajstić information content (AvgIpc) is 1.86. The van der Waals surface area contributed by atoms with E-state index in [0.717, 1.165) is 0 Å². The Kier molecular flexibility index (Phi) is 8.36. The van der Waals surface area contributed by atoms with E-state index >= 15 is 0 Å². The van der Waals surface area contributed by atoms with E-state index in [1.807, 2.05) is 0 Å². The Morgan fingerprint density at radius 3 is 2.33 bits per heavy atom. The minimum atomic E-state index is -1.51. The third-order valence-corrected chi connectivity index (χ3v) is 0.934. The Hall–Kier alpha value is -0.520. The topological polar surface area (TPSA) is 80.7 Å². The van der Waals surface area contributed by atoms with Gasteiger partial charge in [0.05, 0.1) is 0 Å². The molecule has 0 spiro atoms. The monoisotopic (exact) mass is 181 g/mol. The molecule has 0 aromatic carbocycles. The molecule has 0 rings (SSSR count). The number of amides is 1. The fourth-order valence-corrected chi connectivity index (χ4v) is 0.523. The van der Waals surface area contributed by atoms with Gasteiger partial charge in [0.2, 0.25) is 0 Å². The number of carboxylic acid groups (broad SMARTS) is 2. The second kappa shape index (κ2) is 7.15. The first-order valence-corrected chi connectivity index (χ1v) is 2.86. The maximum Gasteiger partial charge on any atom is 1.00 e. The van der Waals surface area contributed by atoms with Crippen molar-refractivity contribution < 1.29 is 49.4 Å². The van der Waals surface area contributed by atoms with Crippen LogP contribution >= 0.6 is 0 Å². The summed E-state index contributed by atoms with van der Waals surface area (Å²) in [6.07, 6.45) is -0.217.